The first-order chi connectivity index (χ1) is 12.8. The van der Waals surface area contributed by atoms with E-state index in [0.717, 1.165) is 35.8 Å². The number of allylic oxidation sites excluding steroid dienone is 1. The topological polar surface area (TPSA) is 59.7 Å². The summed E-state index contributed by atoms with van der Waals surface area (Å²) in [6, 6.07) is 13.6. The smallest absolute Gasteiger partial charge is 0.161 e. The number of hydrogen-bond acceptors (Lipinski definition) is 5. The summed E-state index contributed by atoms with van der Waals surface area (Å²) in [5.41, 5.74) is 2.51. The Labute approximate surface area is 151 Å². The van der Waals surface area contributed by atoms with E-state index in [-0.39, 0.29) is 12.2 Å². The van der Waals surface area contributed by atoms with E-state index in [1.807, 2.05) is 53.1 Å². The lowest BCUT2D eigenvalue weighted by Gasteiger charge is -2.29. The number of morpholine rings is 1. The van der Waals surface area contributed by atoms with Crippen molar-refractivity contribution in [1.82, 2.24) is 14.6 Å². The van der Waals surface area contributed by atoms with Crippen molar-refractivity contribution in [3.8, 4) is 0 Å². The summed E-state index contributed by atoms with van der Waals surface area (Å²) in [6.45, 7) is 3.00. The number of ether oxygens (including phenoxy) is 1. The van der Waals surface area contributed by atoms with Gasteiger partial charge < -0.3 is 9.64 Å². The summed E-state index contributed by atoms with van der Waals surface area (Å²) in [5, 5.41) is 4.36. The van der Waals surface area contributed by atoms with Gasteiger partial charge in [-0.2, -0.15) is 9.61 Å². The number of aromatic nitrogens is 3. The first-order valence-corrected chi connectivity index (χ1v) is 8.72. The molecule has 0 saturated carbocycles. The van der Waals surface area contributed by atoms with E-state index in [1.165, 1.54) is 0 Å². The van der Waals surface area contributed by atoms with Gasteiger partial charge in [-0.1, -0.05) is 36.4 Å². The minimum atomic E-state index is 0.0261. The molecule has 0 N–H and O–H groups in total. The Bertz CT molecular complexity index is 927. The molecule has 6 heteroatoms. The number of nitrogens with zero attached hydrogens (tertiary/aromatic N) is 4. The van der Waals surface area contributed by atoms with Crippen molar-refractivity contribution in [2.24, 2.45) is 0 Å². The zero-order chi connectivity index (χ0) is 17.8. The van der Waals surface area contributed by atoms with E-state index >= 15 is 0 Å². The number of hydrogen-bond donors (Lipinski definition) is 0. The number of rotatable bonds is 5. The van der Waals surface area contributed by atoms with Crippen LogP contribution in [0.5, 0.6) is 0 Å². The zero-order valence-electron chi connectivity index (χ0n) is 14.4. The van der Waals surface area contributed by atoms with Crippen LogP contribution >= 0.6 is 0 Å². The predicted molar refractivity (Wildman–Crippen MR) is 100 cm³/mol. The molecule has 0 spiro atoms. The Morgan fingerprint density at radius 3 is 2.77 bits per heavy atom. The average molecular weight is 348 g/mol. The third-order valence-corrected chi connectivity index (χ3v) is 4.35. The summed E-state index contributed by atoms with van der Waals surface area (Å²) >= 11 is 0. The van der Waals surface area contributed by atoms with Gasteiger partial charge in [0.1, 0.15) is 5.82 Å². The van der Waals surface area contributed by atoms with E-state index in [9.17, 15) is 4.79 Å². The first kappa shape index (κ1) is 16.5. The third-order valence-electron chi connectivity index (χ3n) is 4.35. The summed E-state index contributed by atoms with van der Waals surface area (Å²) < 4.78 is 7.25. The second kappa shape index (κ2) is 7.49. The minimum Gasteiger partial charge on any atom is -0.378 e. The average Bonchev–Trinajstić information content (AvgIpc) is 3.16. The highest BCUT2D eigenvalue weighted by atomic mass is 16.5. The van der Waals surface area contributed by atoms with Crippen molar-refractivity contribution in [1.29, 1.82) is 0 Å². The van der Waals surface area contributed by atoms with Crippen LogP contribution in [0, 0.1) is 0 Å². The number of anilines is 1. The van der Waals surface area contributed by atoms with Crippen molar-refractivity contribution in [2.75, 3.05) is 31.2 Å². The van der Waals surface area contributed by atoms with Gasteiger partial charge in [-0.3, -0.25) is 4.79 Å². The van der Waals surface area contributed by atoms with E-state index in [4.69, 9.17) is 4.74 Å². The van der Waals surface area contributed by atoms with Crippen LogP contribution < -0.4 is 4.90 Å². The molecule has 0 aliphatic carbocycles. The molecule has 26 heavy (non-hydrogen) atoms. The third kappa shape index (κ3) is 3.65. The van der Waals surface area contributed by atoms with Gasteiger partial charge in [-0.15, -0.1) is 0 Å². The summed E-state index contributed by atoms with van der Waals surface area (Å²) in [7, 11) is 0. The van der Waals surface area contributed by atoms with Crippen molar-refractivity contribution < 1.29 is 9.53 Å². The van der Waals surface area contributed by atoms with Gasteiger partial charge in [0, 0.05) is 25.2 Å². The van der Waals surface area contributed by atoms with Gasteiger partial charge in [-0.25, -0.2) is 4.98 Å². The molecule has 1 aliphatic rings. The molecule has 132 valence electrons. The molecule has 0 unspecified atom stereocenters. The second-order valence-corrected chi connectivity index (χ2v) is 6.19. The molecule has 6 nitrogen and oxygen atoms in total. The first-order valence-electron chi connectivity index (χ1n) is 8.72. The Balaban J connectivity index is 1.56. The van der Waals surface area contributed by atoms with Gasteiger partial charge in [-0.05, 0) is 11.6 Å². The van der Waals surface area contributed by atoms with Crippen LogP contribution in [0.1, 0.15) is 11.3 Å². The van der Waals surface area contributed by atoms with Crippen molar-refractivity contribution in [2.45, 2.75) is 6.42 Å². The van der Waals surface area contributed by atoms with Crippen LogP contribution in [-0.2, 0) is 16.0 Å². The molecule has 2 aromatic heterocycles. The highest BCUT2D eigenvalue weighted by Gasteiger charge is 2.17. The Morgan fingerprint density at radius 1 is 1.15 bits per heavy atom. The summed E-state index contributed by atoms with van der Waals surface area (Å²) in [5.74, 6) is 0.983. The normalized spacial score (nSPS) is 15.0. The van der Waals surface area contributed by atoms with E-state index in [2.05, 4.69) is 15.0 Å². The maximum Gasteiger partial charge on any atom is 0.161 e. The van der Waals surface area contributed by atoms with Crippen LogP contribution in [-0.4, -0.2) is 46.7 Å². The number of benzene rings is 1. The lowest BCUT2D eigenvalue weighted by Crippen LogP contribution is -2.37. The van der Waals surface area contributed by atoms with Crippen LogP contribution in [0.3, 0.4) is 0 Å². The molecule has 0 amide bonds. The predicted octanol–water partition coefficient (Wildman–Crippen LogP) is 2.39. The molecule has 0 atom stereocenters. The quantitative estimate of drug-likeness (QED) is 0.663. The lowest BCUT2D eigenvalue weighted by molar-refractivity contribution is -0.114. The zero-order valence-corrected chi connectivity index (χ0v) is 14.4. The van der Waals surface area contributed by atoms with Gasteiger partial charge in [0.25, 0.3) is 0 Å². The fourth-order valence-electron chi connectivity index (χ4n) is 3.05. The number of ketones is 1. The van der Waals surface area contributed by atoms with Crippen LogP contribution in [0.15, 0.2) is 54.7 Å². The SMILES string of the molecule is O=C(/C=C/c1ccccc1)Cc1cc(N2CCOCC2)n2nccc2n1. The Hall–Kier alpha value is -2.99. The Kier molecular flexibility index (Phi) is 4.75. The van der Waals surface area contributed by atoms with Gasteiger partial charge in [0.05, 0.1) is 31.5 Å². The highest BCUT2D eigenvalue weighted by molar-refractivity contribution is 5.94. The van der Waals surface area contributed by atoms with Crippen LogP contribution in [0.2, 0.25) is 0 Å². The fourth-order valence-corrected chi connectivity index (χ4v) is 3.05. The molecule has 1 aliphatic heterocycles. The van der Waals surface area contributed by atoms with Gasteiger partial charge in [0.2, 0.25) is 0 Å². The molecule has 4 rings (SSSR count). The highest BCUT2D eigenvalue weighted by Crippen LogP contribution is 2.19. The molecule has 1 fully saturated rings. The monoisotopic (exact) mass is 348 g/mol. The molecule has 0 radical (unpaired) electrons. The number of fused-ring (bicyclic) bond motifs is 1. The standard InChI is InChI=1S/C20H20N4O2/c25-18(7-6-16-4-2-1-3-5-16)14-17-15-20(23-10-12-26-13-11-23)24-19(22-17)8-9-21-24/h1-9,15H,10-14H2/b7-6+. The van der Waals surface area contributed by atoms with E-state index < -0.39 is 0 Å². The Morgan fingerprint density at radius 2 is 1.96 bits per heavy atom. The van der Waals surface area contributed by atoms with Crippen molar-refractivity contribution in [3.05, 3.63) is 66.0 Å². The molecule has 3 aromatic rings. The number of carbonyl (C=O) groups excluding carboxylic acids is 1. The fraction of sp³-hybridized carbons (Fsp3) is 0.250. The minimum absolute atomic E-state index is 0.0261. The molecular weight excluding hydrogens is 328 g/mol. The van der Waals surface area contributed by atoms with Crippen molar-refractivity contribution in [3.63, 3.8) is 0 Å². The van der Waals surface area contributed by atoms with Crippen LogP contribution in [0.4, 0.5) is 5.82 Å². The summed E-state index contributed by atoms with van der Waals surface area (Å²) in [6.07, 6.45) is 5.45. The maximum atomic E-state index is 12.4. The molecular formula is C20H20N4O2. The lowest BCUT2D eigenvalue weighted by atomic mass is 10.1. The van der Waals surface area contributed by atoms with Gasteiger partial charge in [0.15, 0.2) is 11.4 Å². The van der Waals surface area contributed by atoms with Crippen LogP contribution in [0.25, 0.3) is 11.7 Å². The van der Waals surface area contributed by atoms with E-state index in [0.29, 0.717) is 13.2 Å². The second-order valence-electron chi connectivity index (χ2n) is 6.19. The molecule has 1 aromatic carbocycles. The maximum absolute atomic E-state index is 12.4. The molecule has 3 heterocycles. The number of carbonyl (C=O) groups is 1. The molecule has 1 saturated heterocycles. The van der Waals surface area contributed by atoms with Crippen molar-refractivity contribution >= 4 is 23.3 Å². The molecule has 0 bridgehead atoms. The van der Waals surface area contributed by atoms with Gasteiger partial charge >= 0.3 is 0 Å². The summed E-state index contributed by atoms with van der Waals surface area (Å²) in [4.78, 5) is 19.2. The van der Waals surface area contributed by atoms with E-state index in [1.54, 1.807) is 12.3 Å². The largest absolute Gasteiger partial charge is 0.378 e.